The summed E-state index contributed by atoms with van der Waals surface area (Å²) in [6.45, 7) is -1.06. The molecule has 0 unspecified atom stereocenters. The summed E-state index contributed by atoms with van der Waals surface area (Å²) in [5.41, 5.74) is -0.985. The number of carbonyl (C=O) groups is 1. The Hall–Kier alpha value is 0.400. The van der Waals surface area contributed by atoms with E-state index >= 15 is 0 Å². The molecule has 0 radical (unpaired) electrons. The van der Waals surface area contributed by atoms with Crippen molar-refractivity contribution >= 4 is 44.1 Å². The molecule has 0 saturated carbocycles. The molecule has 0 atom stereocenters. The van der Waals surface area contributed by atoms with Crippen LogP contribution in [0.15, 0.2) is 0 Å². The number of thiol groups is 3. The highest BCUT2D eigenvalue weighted by Crippen LogP contribution is 2.35. The van der Waals surface area contributed by atoms with E-state index in [1.165, 1.54) is 0 Å². The van der Waals surface area contributed by atoms with Gasteiger partial charge in [0.05, 0.1) is 30.3 Å². The number of aliphatic hydroxyl groups excluding tert-OH is 3. The first-order valence-electron chi connectivity index (χ1n) is 4.96. The number of carbonyl (C=O) groups excluding carboxylic acids is 1. The Kier molecular flexibility index (Phi) is 7.93. The lowest BCUT2D eigenvalue weighted by Gasteiger charge is -2.31. The fourth-order valence-corrected chi connectivity index (χ4v) is 1.75. The third kappa shape index (κ3) is 6.21. The Morgan fingerprint density at radius 2 is 1.53 bits per heavy atom. The number of hydrogen-bond donors (Lipinski definition) is 6. The lowest BCUT2D eigenvalue weighted by molar-refractivity contribution is -0.133. The Morgan fingerprint density at radius 3 is 1.88 bits per heavy atom. The Morgan fingerprint density at radius 1 is 1.06 bits per heavy atom. The lowest BCUT2D eigenvalue weighted by atomic mass is 9.85. The van der Waals surface area contributed by atoms with Gasteiger partial charge in [0.25, 0.3) is 0 Å². The quantitative estimate of drug-likeness (QED) is 0.217. The monoisotopic (exact) mass is 302 g/mol. The fraction of sp³-hybridized carbons (Fsp3) is 0.889. The van der Waals surface area contributed by atoms with E-state index in [1.54, 1.807) is 0 Å². The van der Waals surface area contributed by atoms with Crippen molar-refractivity contribution in [2.45, 2.75) is 23.3 Å². The van der Waals surface area contributed by atoms with Crippen LogP contribution in [-0.2, 0) is 8.98 Å². The van der Waals surface area contributed by atoms with Gasteiger partial charge in [-0.1, -0.05) is 0 Å². The van der Waals surface area contributed by atoms with Gasteiger partial charge in [-0.3, -0.25) is 4.79 Å². The molecular weight excluding hydrogens is 284 g/mol. The summed E-state index contributed by atoms with van der Waals surface area (Å²) in [4.78, 5) is 11.0. The van der Waals surface area contributed by atoms with Crippen LogP contribution in [0, 0.1) is 5.41 Å². The summed E-state index contributed by atoms with van der Waals surface area (Å²) >= 11 is 11.8. The number of rotatable bonds is 8. The molecule has 0 amide bonds. The van der Waals surface area contributed by atoms with Crippen LogP contribution in [0.3, 0.4) is 0 Å². The highest BCUT2D eigenvalue weighted by atomic mass is 32.2. The van der Waals surface area contributed by atoms with E-state index < -0.39 is 15.5 Å². The van der Waals surface area contributed by atoms with Crippen LogP contribution in [0.5, 0.6) is 0 Å². The first kappa shape index (κ1) is 17.4. The zero-order chi connectivity index (χ0) is 13.5. The van der Waals surface area contributed by atoms with Gasteiger partial charge in [-0.25, -0.2) is 0 Å². The van der Waals surface area contributed by atoms with Gasteiger partial charge in [-0.2, -0.15) is 25.3 Å². The van der Waals surface area contributed by atoms with Crippen molar-refractivity contribution in [3.05, 3.63) is 0 Å². The van der Waals surface area contributed by atoms with Gasteiger partial charge < -0.3 is 19.5 Å². The first-order valence-corrected chi connectivity index (χ1v) is 6.22. The van der Waals surface area contributed by atoms with Crippen LogP contribution in [0.1, 0.15) is 19.3 Å². The van der Waals surface area contributed by atoms with Gasteiger partial charge >= 0.3 is 5.97 Å². The Balaban J connectivity index is 4.37. The van der Waals surface area contributed by atoms with Crippen molar-refractivity contribution in [2.75, 3.05) is 19.8 Å². The minimum atomic E-state index is -0.985. The van der Waals surface area contributed by atoms with Crippen LogP contribution in [-0.4, -0.2) is 45.2 Å². The van der Waals surface area contributed by atoms with Crippen molar-refractivity contribution in [1.29, 1.82) is 0 Å². The van der Waals surface area contributed by atoms with Crippen molar-refractivity contribution < 1.29 is 24.3 Å². The molecule has 0 aliphatic heterocycles. The average Bonchev–Trinajstić information content (AvgIpc) is 2.31. The molecule has 8 heteroatoms. The molecular formula is C9H18O5S3. The minimum Gasteiger partial charge on any atom is -0.396 e. The van der Waals surface area contributed by atoms with Crippen molar-refractivity contribution in [3.8, 4) is 0 Å². The third-order valence-corrected chi connectivity index (χ3v) is 3.56. The molecule has 3 N–H and O–H groups in total. The molecule has 0 aromatic carbocycles. The van der Waals surface area contributed by atoms with Crippen molar-refractivity contribution in [3.63, 3.8) is 0 Å². The fourth-order valence-electron chi connectivity index (χ4n) is 1.20. The highest BCUT2D eigenvalue weighted by molar-refractivity contribution is 8.00. The molecule has 0 aliphatic carbocycles. The topological polar surface area (TPSA) is 87.0 Å². The van der Waals surface area contributed by atoms with Gasteiger partial charge in [0, 0.05) is 18.3 Å². The van der Waals surface area contributed by atoms with Gasteiger partial charge in [-0.15, -0.1) is 0 Å². The maximum absolute atomic E-state index is 11.0. The molecule has 5 nitrogen and oxygen atoms in total. The van der Waals surface area contributed by atoms with E-state index in [1.807, 2.05) is 0 Å². The summed E-state index contributed by atoms with van der Waals surface area (Å²) in [6.07, 6.45) is 0.522. The van der Waals surface area contributed by atoms with Crippen LogP contribution < -0.4 is 0 Å². The number of aliphatic hydroxyl groups is 3. The molecule has 0 aliphatic rings. The summed E-state index contributed by atoms with van der Waals surface area (Å²) < 4.78 is 3.27. The van der Waals surface area contributed by atoms with E-state index in [-0.39, 0.29) is 32.7 Å². The molecule has 17 heavy (non-hydrogen) atoms. The second-order valence-electron chi connectivity index (χ2n) is 4.10. The predicted octanol–water partition coefficient (Wildman–Crippen LogP) is 0.0639. The van der Waals surface area contributed by atoms with Gasteiger partial charge in [0.2, 0.25) is 0 Å². The van der Waals surface area contributed by atoms with Crippen LogP contribution in [0.25, 0.3) is 0 Å². The van der Waals surface area contributed by atoms with E-state index in [2.05, 4.69) is 42.4 Å². The van der Waals surface area contributed by atoms with Crippen LogP contribution in [0.2, 0.25) is 0 Å². The van der Waals surface area contributed by atoms with Crippen LogP contribution >= 0.6 is 38.2 Å². The molecule has 0 bridgehead atoms. The maximum atomic E-state index is 11.0. The number of hydrogen-bond acceptors (Lipinski definition) is 8. The Labute approximate surface area is 117 Å². The summed E-state index contributed by atoms with van der Waals surface area (Å²) in [6, 6.07) is 0. The third-order valence-electron chi connectivity index (χ3n) is 2.59. The molecule has 0 aromatic rings. The van der Waals surface area contributed by atoms with E-state index in [0.29, 0.717) is 6.42 Å². The summed E-state index contributed by atoms with van der Waals surface area (Å²) in [5.74, 6) is -0.569. The highest BCUT2D eigenvalue weighted by Gasteiger charge is 2.33. The Bertz CT molecular complexity index is 235. The largest absolute Gasteiger partial charge is 0.396 e. The van der Waals surface area contributed by atoms with Gasteiger partial charge in [0.15, 0.2) is 0 Å². The predicted molar refractivity (Wildman–Crippen MR) is 73.3 cm³/mol. The van der Waals surface area contributed by atoms with Crippen molar-refractivity contribution in [1.82, 2.24) is 0 Å². The first-order chi connectivity index (χ1) is 7.84. The smallest absolute Gasteiger partial charge is 0.319 e. The maximum Gasteiger partial charge on any atom is 0.319 e. The van der Waals surface area contributed by atoms with E-state index in [4.69, 9.17) is 15.3 Å². The molecule has 0 spiro atoms. The zero-order valence-electron chi connectivity index (χ0n) is 9.24. The SMILES string of the molecule is O=C(CC(S)(S)CCC(CO)(CO)CO)OS. The van der Waals surface area contributed by atoms with E-state index in [0.717, 1.165) is 0 Å². The second kappa shape index (κ2) is 7.75. The molecule has 0 heterocycles. The molecule has 0 fully saturated rings. The summed E-state index contributed by atoms with van der Waals surface area (Å²) in [5, 5.41) is 27.4. The molecule has 0 rings (SSSR count). The second-order valence-corrected chi connectivity index (χ2v) is 6.34. The van der Waals surface area contributed by atoms with Gasteiger partial charge in [0.1, 0.15) is 0 Å². The van der Waals surface area contributed by atoms with Crippen molar-refractivity contribution in [2.24, 2.45) is 5.41 Å². The van der Waals surface area contributed by atoms with E-state index in [9.17, 15) is 4.79 Å². The molecule has 0 aromatic heterocycles. The minimum absolute atomic E-state index is 0.0684. The molecule has 102 valence electrons. The zero-order valence-corrected chi connectivity index (χ0v) is 11.9. The van der Waals surface area contributed by atoms with Crippen LogP contribution in [0.4, 0.5) is 0 Å². The normalized spacial score (nSPS) is 12.6. The lowest BCUT2D eigenvalue weighted by Crippen LogP contribution is -2.35. The molecule has 0 saturated heterocycles. The van der Waals surface area contributed by atoms with Gasteiger partial charge in [-0.05, 0) is 12.8 Å². The average molecular weight is 302 g/mol. The summed E-state index contributed by atoms with van der Waals surface area (Å²) in [7, 11) is 0. The standard InChI is InChI=1S/C9H18O5S3/c10-4-8(5-11,6-12)1-2-9(15,16)3-7(13)14-17/h10-12,15-17H,1-6H2.